The van der Waals surface area contributed by atoms with Gasteiger partial charge in [-0.25, -0.2) is 0 Å². The molecule has 5 aromatic carbocycles. The monoisotopic (exact) mass is 571 g/mol. The molecule has 0 spiro atoms. The molecule has 0 aliphatic heterocycles. The van der Waals surface area contributed by atoms with Gasteiger partial charge in [0.25, 0.3) is 0 Å². The van der Waals surface area contributed by atoms with Crippen molar-refractivity contribution in [2.24, 2.45) is 10.7 Å². The van der Waals surface area contributed by atoms with Gasteiger partial charge in [0.2, 0.25) is 0 Å². The average Bonchev–Trinajstić information content (AvgIpc) is 3.59. The summed E-state index contributed by atoms with van der Waals surface area (Å²) in [6.07, 6.45) is 6.98. The Morgan fingerprint density at radius 3 is 2.34 bits per heavy atom. The van der Waals surface area contributed by atoms with Crippen LogP contribution in [0.5, 0.6) is 0 Å². The average molecular weight is 572 g/mol. The van der Waals surface area contributed by atoms with E-state index in [-0.39, 0.29) is 0 Å². The number of hydrogen-bond acceptors (Lipinski definition) is 2. The molecule has 7 rings (SSSR count). The number of aromatic nitrogens is 1. The second kappa shape index (κ2) is 12.5. The number of allylic oxidation sites excluding steroid dienone is 5. The van der Waals surface area contributed by atoms with Gasteiger partial charge in [0.15, 0.2) is 0 Å². The van der Waals surface area contributed by atoms with Gasteiger partial charge in [0.1, 0.15) is 0 Å². The van der Waals surface area contributed by atoms with Crippen molar-refractivity contribution in [3.05, 3.63) is 167 Å². The lowest BCUT2D eigenvalue weighted by Gasteiger charge is -2.14. The van der Waals surface area contributed by atoms with Gasteiger partial charge in [-0.3, -0.25) is 4.99 Å². The maximum Gasteiger partial charge on any atom is 0.0867 e. The summed E-state index contributed by atoms with van der Waals surface area (Å²) in [4.78, 5) is 8.00. The molecule has 0 fully saturated rings. The van der Waals surface area contributed by atoms with E-state index in [0.717, 1.165) is 23.3 Å². The number of benzene rings is 5. The smallest absolute Gasteiger partial charge is 0.0867 e. The van der Waals surface area contributed by atoms with E-state index in [1.165, 1.54) is 66.0 Å². The molecular weight excluding hydrogens is 534 g/mol. The zero-order chi connectivity index (χ0) is 30.6. The first-order valence-corrected chi connectivity index (χ1v) is 15.0. The van der Waals surface area contributed by atoms with E-state index in [4.69, 9.17) is 5.73 Å². The number of nitrogens with one attached hydrogen (secondary N) is 1. The van der Waals surface area contributed by atoms with Crippen LogP contribution >= 0.6 is 0 Å². The molecule has 216 valence electrons. The van der Waals surface area contributed by atoms with Crippen molar-refractivity contribution >= 4 is 49.9 Å². The molecule has 3 N–H and O–H groups in total. The van der Waals surface area contributed by atoms with E-state index >= 15 is 0 Å². The molecule has 3 nitrogen and oxygen atoms in total. The SMILES string of the molecule is C=C/C(C)=C(\C=C)c1c(C)ccc2cc3[nH]c4ccccc4c3cc12.NC/N=C1\C(=C/c2ccccc2)Cc2ccccc21. The van der Waals surface area contributed by atoms with Gasteiger partial charge in [-0.1, -0.05) is 110 Å². The summed E-state index contributed by atoms with van der Waals surface area (Å²) in [7, 11) is 0. The summed E-state index contributed by atoms with van der Waals surface area (Å²) < 4.78 is 0. The van der Waals surface area contributed by atoms with Crippen LogP contribution in [0.15, 0.2) is 145 Å². The van der Waals surface area contributed by atoms with Crippen molar-refractivity contribution < 1.29 is 0 Å². The Bertz CT molecular complexity index is 2120. The molecule has 1 aliphatic rings. The lowest BCUT2D eigenvalue weighted by molar-refractivity contribution is 1.07. The van der Waals surface area contributed by atoms with Crippen LogP contribution in [-0.2, 0) is 6.42 Å². The highest BCUT2D eigenvalue weighted by atomic mass is 14.9. The molecule has 0 atom stereocenters. The fraction of sp³-hybridized carbons (Fsp3) is 0.0976. The van der Waals surface area contributed by atoms with Crippen molar-refractivity contribution in [3.8, 4) is 0 Å². The standard InChI is InChI=1S/C24H21N.C17H16N2/c1-5-15(3)18(6-2)24-16(4)11-12-17-13-23-21(14-20(17)24)19-9-7-8-10-22(19)25-23;18-12-19-17-15(10-13-6-2-1-3-7-13)11-14-8-4-5-9-16(14)17/h5-14,25H,1-2H2,3-4H3;1-10H,11-12,18H2/b18-15+;15-10-,19-17+. The van der Waals surface area contributed by atoms with Crippen LogP contribution < -0.4 is 5.73 Å². The summed E-state index contributed by atoms with van der Waals surface area (Å²) in [5.74, 6) is 0. The Labute approximate surface area is 259 Å². The first kappa shape index (κ1) is 28.9. The fourth-order valence-electron chi connectivity index (χ4n) is 6.22. The molecule has 0 saturated carbocycles. The first-order valence-electron chi connectivity index (χ1n) is 15.0. The third kappa shape index (κ3) is 5.46. The quantitative estimate of drug-likeness (QED) is 0.199. The van der Waals surface area contributed by atoms with Crippen molar-refractivity contribution in [2.75, 3.05) is 6.67 Å². The maximum absolute atomic E-state index is 5.61. The lowest BCUT2D eigenvalue weighted by Crippen LogP contribution is -2.04. The summed E-state index contributed by atoms with van der Waals surface area (Å²) in [6, 6.07) is 36.2. The molecule has 3 heteroatoms. The number of fused-ring (bicyclic) bond motifs is 5. The van der Waals surface area contributed by atoms with Crippen LogP contribution in [0.2, 0.25) is 0 Å². The van der Waals surface area contributed by atoms with Gasteiger partial charge in [-0.2, -0.15) is 0 Å². The van der Waals surface area contributed by atoms with E-state index in [2.05, 4.69) is 128 Å². The molecule has 1 heterocycles. The van der Waals surface area contributed by atoms with Crippen LogP contribution in [-0.4, -0.2) is 17.4 Å². The number of H-pyrrole nitrogens is 1. The highest BCUT2D eigenvalue weighted by Crippen LogP contribution is 2.36. The summed E-state index contributed by atoms with van der Waals surface area (Å²) >= 11 is 0. The Balaban J connectivity index is 0.000000162. The Morgan fingerprint density at radius 2 is 1.57 bits per heavy atom. The molecule has 0 bridgehead atoms. The second-order valence-corrected chi connectivity index (χ2v) is 11.2. The highest BCUT2D eigenvalue weighted by molar-refractivity contribution is 6.19. The highest BCUT2D eigenvalue weighted by Gasteiger charge is 2.21. The maximum atomic E-state index is 5.61. The Hall–Kier alpha value is -5.25. The summed E-state index contributed by atoms with van der Waals surface area (Å²) in [5, 5.41) is 5.01. The van der Waals surface area contributed by atoms with Gasteiger partial charge in [0.05, 0.1) is 12.4 Å². The van der Waals surface area contributed by atoms with Crippen molar-refractivity contribution in [1.29, 1.82) is 0 Å². The number of hydrogen-bond donors (Lipinski definition) is 2. The number of aryl methyl sites for hydroxylation is 1. The van der Waals surface area contributed by atoms with Crippen LogP contribution in [0, 0.1) is 6.92 Å². The number of aliphatic imine (C=N–C) groups is 1. The van der Waals surface area contributed by atoms with E-state index in [0.29, 0.717) is 6.67 Å². The minimum atomic E-state index is 0.329. The minimum Gasteiger partial charge on any atom is -0.354 e. The second-order valence-electron chi connectivity index (χ2n) is 11.2. The number of aromatic amines is 1. The number of nitrogens with zero attached hydrogens (tertiary/aromatic N) is 1. The van der Waals surface area contributed by atoms with Crippen molar-refractivity contribution in [3.63, 3.8) is 0 Å². The van der Waals surface area contributed by atoms with Crippen molar-refractivity contribution in [2.45, 2.75) is 20.3 Å². The predicted octanol–water partition coefficient (Wildman–Crippen LogP) is 9.96. The first-order chi connectivity index (χ1) is 21.5. The number of nitrogens with two attached hydrogens (primary N) is 1. The molecule has 44 heavy (non-hydrogen) atoms. The Morgan fingerprint density at radius 1 is 0.818 bits per heavy atom. The Kier molecular flexibility index (Phi) is 8.23. The third-order valence-corrected chi connectivity index (χ3v) is 8.40. The number of para-hydroxylation sites is 1. The fourth-order valence-corrected chi connectivity index (χ4v) is 6.22. The van der Waals surface area contributed by atoms with Gasteiger partial charge < -0.3 is 10.7 Å². The molecule has 6 aromatic rings. The van der Waals surface area contributed by atoms with E-state index < -0.39 is 0 Å². The minimum absolute atomic E-state index is 0.329. The van der Waals surface area contributed by atoms with Gasteiger partial charge in [-0.15, -0.1) is 0 Å². The molecule has 0 amide bonds. The largest absolute Gasteiger partial charge is 0.354 e. The van der Waals surface area contributed by atoms with Crippen LogP contribution in [0.1, 0.15) is 34.7 Å². The third-order valence-electron chi connectivity index (χ3n) is 8.40. The van der Waals surface area contributed by atoms with Gasteiger partial charge in [0, 0.05) is 33.8 Å². The molecule has 1 aliphatic carbocycles. The predicted molar refractivity (Wildman–Crippen MR) is 191 cm³/mol. The zero-order valence-electron chi connectivity index (χ0n) is 25.4. The van der Waals surface area contributed by atoms with Gasteiger partial charge >= 0.3 is 0 Å². The molecule has 0 unspecified atom stereocenters. The molecule has 0 radical (unpaired) electrons. The van der Waals surface area contributed by atoms with Crippen LogP contribution in [0.4, 0.5) is 0 Å². The summed E-state index contributed by atoms with van der Waals surface area (Å²) in [6.45, 7) is 12.6. The molecule has 0 saturated heterocycles. The molecule has 1 aromatic heterocycles. The zero-order valence-corrected chi connectivity index (χ0v) is 25.4. The van der Waals surface area contributed by atoms with Crippen LogP contribution in [0.25, 0.3) is 44.2 Å². The van der Waals surface area contributed by atoms with Gasteiger partial charge in [-0.05, 0) is 87.9 Å². The molecular formula is C41H37N3. The van der Waals surface area contributed by atoms with E-state index in [1.807, 2.05) is 30.4 Å². The van der Waals surface area contributed by atoms with Crippen LogP contribution in [0.3, 0.4) is 0 Å². The van der Waals surface area contributed by atoms with E-state index in [9.17, 15) is 0 Å². The number of rotatable bonds is 5. The lowest BCUT2D eigenvalue weighted by atomic mass is 9.90. The topological polar surface area (TPSA) is 54.2 Å². The van der Waals surface area contributed by atoms with E-state index in [1.54, 1.807) is 0 Å². The normalized spacial score (nSPS) is 14.9. The summed E-state index contributed by atoms with van der Waals surface area (Å²) in [5.41, 5.74) is 18.8. The van der Waals surface area contributed by atoms with Crippen molar-refractivity contribution in [1.82, 2.24) is 4.98 Å².